The zero-order chi connectivity index (χ0) is 16.8. The molecule has 3 amide bonds. The summed E-state index contributed by atoms with van der Waals surface area (Å²) in [4.78, 5) is 25.1. The van der Waals surface area contributed by atoms with Crippen molar-refractivity contribution in [1.82, 2.24) is 10.2 Å². The van der Waals surface area contributed by atoms with Gasteiger partial charge in [-0.25, -0.2) is 4.79 Å². The van der Waals surface area contributed by atoms with Crippen molar-refractivity contribution in [3.8, 4) is 0 Å². The highest BCUT2D eigenvalue weighted by atomic mass is 32.1. The van der Waals surface area contributed by atoms with Gasteiger partial charge in [0.05, 0.1) is 6.04 Å². The summed E-state index contributed by atoms with van der Waals surface area (Å²) in [6, 6.07) is 8.13. The number of urea groups is 1. The molecule has 0 fully saturated rings. The van der Waals surface area contributed by atoms with Crippen molar-refractivity contribution in [2.24, 2.45) is 5.73 Å². The number of hydrogen-bond acceptors (Lipinski definition) is 4. The molecule has 1 aromatic heterocycles. The molecule has 2 aromatic rings. The Morgan fingerprint density at radius 2 is 1.91 bits per heavy atom. The molecule has 0 spiro atoms. The van der Waals surface area contributed by atoms with E-state index in [9.17, 15) is 9.59 Å². The van der Waals surface area contributed by atoms with E-state index in [0.717, 1.165) is 0 Å². The molecule has 1 atom stereocenters. The van der Waals surface area contributed by atoms with Crippen LogP contribution in [0, 0.1) is 0 Å². The molecule has 0 aliphatic rings. The van der Waals surface area contributed by atoms with E-state index >= 15 is 0 Å². The van der Waals surface area contributed by atoms with Gasteiger partial charge in [-0.15, -0.1) is 0 Å². The minimum Gasteiger partial charge on any atom is -0.351 e. The Morgan fingerprint density at radius 1 is 1.22 bits per heavy atom. The van der Waals surface area contributed by atoms with Crippen molar-refractivity contribution in [3.05, 3.63) is 52.2 Å². The van der Waals surface area contributed by atoms with Crippen LogP contribution in [0.2, 0.25) is 0 Å². The fourth-order valence-corrected chi connectivity index (χ4v) is 2.91. The topological polar surface area (TPSA) is 87.5 Å². The summed E-state index contributed by atoms with van der Waals surface area (Å²) in [5, 5.41) is 9.51. The molecule has 1 unspecified atom stereocenters. The first kappa shape index (κ1) is 17.0. The number of nitrogens with zero attached hydrogens (tertiary/aromatic N) is 1. The van der Waals surface area contributed by atoms with E-state index in [2.05, 4.69) is 27.0 Å². The van der Waals surface area contributed by atoms with Gasteiger partial charge >= 0.3 is 6.03 Å². The number of primary amides is 1. The van der Waals surface area contributed by atoms with Gasteiger partial charge < -0.3 is 21.3 Å². The van der Waals surface area contributed by atoms with Crippen molar-refractivity contribution < 1.29 is 9.59 Å². The summed E-state index contributed by atoms with van der Waals surface area (Å²) in [6.45, 7) is 0.518. The number of thiophene rings is 1. The van der Waals surface area contributed by atoms with E-state index in [4.69, 9.17) is 5.73 Å². The molecule has 0 saturated heterocycles. The summed E-state index contributed by atoms with van der Waals surface area (Å²) < 4.78 is 0. The lowest BCUT2D eigenvalue weighted by Crippen LogP contribution is -2.34. The van der Waals surface area contributed by atoms with Gasteiger partial charge in [0.2, 0.25) is 0 Å². The highest BCUT2D eigenvalue weighted by molar-refractivity contribution is 7.07. The van der Waals surface area contributed by atoms with Crippen LogP contribution >= 0.6 is 11.3 Å². The van der Waals surface area contributed by atoms with Crippen LogP contribution in [0.5, 0.6) is 0 Å². The van der Waals surface area contributed by atoms with E-state index < -0.39 is 6.03 Å². The number of nitrogens with one attached hydrogen (secondary N) is 2. The molecule has 23 heavy (non-hydrogen) atoms. The second-order valence-electron chi connectivity index (χ2n) is 5.31. The minimum absolute atomic E-state index is 0.126. The standard InChI is InChI=1S/C16H20N4O2S/c1-20(2)14(12-7-8-23-10-12)9-18-15(21)11-3-5-13(6-4-11)19-16(17)22/h3-8,10,14H,9H2,1-2H3,(H,18,21)(H3,17,19,22). The predicted molar refractivity (Wildman–Crippen MR) is 92.7 cm³/mol. The van der Waals surface area contributed by atoms with Crippen LogP contribution in [0.3, 0.4) is 0 Å². The Balaban J connectivity index is 1.97. The van der Waals surface area contributed by atoms with Gasteiger partial charge in [-0.2, -0.15) is 11.3 Å². The number of benzene rings is 1. The lowest BCUT2D eigenvalue weighted by Gasteiger charge is -2.24. The van der Waals surface area contributed by atoms with Crippen LogP contribution < -0.4 is 16.4 Å². The molecule has 122 valence electrons. The fraction of sp³-hybridized carbons (Fsp3) is 0.250. The maximum Gasteiger partial charge on any atom is 0.316 e. The highest BCUT2D eigenvalue weighted by Crippen LogP contribution is 2.20. The molecule has 0 aliphatic carbocycles. The number of carbonyl (C=O) groups is 2. The normalized spacial score (nSPS) is 12.0. The maximum absolute atomic E-state index is 12.2. The second-order valence-corrected chi connectivity index (χ2v) is 6.09. The number of amides is 3. The van der Waals surface area contributed by atoms with Crippen molar-refractivity contribution in [2.75, 3.05) is 26.0 Å². The molecular weight excluding hydrogens is 312 g/mol. The van der Waals surface area contributed by atoms with E-state index in [1.807, 2.05) is 19.5 Å². The first-order valence-electron chi connectivity index (χ1n) is 7.10. The molecule has 6 nitrogen and oxygen atoms in total. The SMILES string of the molecule is CN(C)C(CNC(=O)c1ccc(NC(N)=O)cc1)c1ccsc1. The summed E-state index contributed by atoms with van der Waals surface area (Å²) in [7, 11) is 3.97. The molecule has 0 radical (unpaired) electrons. The van der Waals surface area contributed by atoms with Crippen LogP contribution in [0.15, 0.2) is 41.1 Å². The van der Waals surface area contributed by atoms with E-state index in [1.165, 1.54) is 5.56 Å². The van der Waals surface area contributed by atoms with Crippen LogP contribution in [0.25, 0.3) is 0 Å². The summed E-state index contributed by atoms with van der Waals surface area (Å²) >= 11 is 1.64. The van der Waals surface area contributed by atoms with Crippen molar-refractivity contribution >= 4 is 29.0 Å². The van der Waals surface area contributed by atoms with Gasteiger partial charge in [0.1, 0.15) is 0 Å². The monoisotopic (exact) mass is 332 g/mol. The summed E-state index contributed by atoms with van der Waals surface area (Å²) in [5.74, 6) is -0.155. The van der Waals surface area contributed by atoms with Gasteiger partial charge in [0, 0.05) is 17.8 Å². The Kier molecular flexibility index (Phi) is 5.72. The molecule has 1 aromatic carbocycles. The predicted octanol–water partition coefficient (Wildman–Crippen LogP) is 2.27. The number of rotatable bonds is 6. The molecule has 7 heteroatoms. The average Bonchev–Trinajstić information content (AvgIpc) is 3.01. The van der Waals surface area contributed by atoms with E-state index in [0.29, 0.717) is 17.8 Å². The number of carbonyl (C=O) groups excluding carboxylic acids is 2. The summed E-state index contributed by atoms with van der Waals surface area (Å²) in [5.41, 5.74) is 7.31. The Labute approximate surface area is 139 Å². The Bertz CT molecular complexity index is 653. The number of hydrogen-bond donors (Lipinski definition) is 3. The average molecular weight is 332 g/mol. The first-order chi connectivity index (χ1) is 11.0. The second kappa shape index (κ2) is 7.75. The molecule has 1 heterocycles. The molecular formula is C16H20N4O2S. The smallest absolute Gasteiger partial charge is 0.316 e. The van der Waals surface area contributed by atoms with Crippen LogP contribution in [-0.2, 0) is 0 Å². The lowest BCUT2D eigenvalue weighted by atomic mass is 10.1. The van der Waals surface area contributed by atoms with Crippen LogP contribution in [0.4, 0.5) is 10.5 Å². The highest BCUT2D eigenvalue weighted by Gasteiger charge is 2.16. The van der Waals surface area contributed by atoms with Crippen LogP contribution in [0.1, 0.15) is 22.0 Å². The molecule has 0 bridgehead atoms. The summed E-state index contributed by atoms with van der Waals surface area (Å²) in [6.07, 6.45) is 0. The van der Waals surface area contributed by atoms with Gasteiger partial charge in [-0.05, 0) is 60.8 Å². The van der Waals surface area contributed by atoms with Gasteiger partial charge in [0.15, 0.2) is 0 Å². The molecule has 2 rings (SSSR count). The van der Waals surface area contributed by atoms with Crippen molar-refractivity contribution in [1.29, 1.82) is 0 Å². The minimum atomic E-state index is -0.633. The molecule has 0 saturated carbocycles. The van der Waals surface area contributed by atoms with Crippen LogP contribution in [-0.4, -0.2) is 37.5 Å². The number of likely N-dealkylation sites (N-methyl/N-ethyl adjacent to an activating group) is 1. The van der Waals surface area contributed by atoms with Crippen molar-refractivity contribution in [3.63, 3.8) is 0 Å². The largest absolute Gasteiger partial charge is 0.351 e. The van der Waals surface area contributed by atoms with Crippen molar-refractivity contribution in [2.45, 2.75) is 6.04 Å². The Hall–Kier alpha value is -2.38. The van der Waals surface area contributed by atoms with Gasteiger partial charge in [-0.3, -0.25) is 4.79 Å². The Morgan fingerprint density at radius 3 is 2.43 bits per heavy atom. The quantitative estimate of drug-likeness (QED) is 0.758. The third-order valence-corrected chi connectivity index (χ3v) is 4.12. The third kappa shape index (κ3) is 4.80. The number of nitrogens with two attached hydrogens (primary N) is 1. The first-order valence-corrected chi connectivity index (χ1v) is 8.05. The third-order valence-electron chi connectivity index (χ3n) is 3.42. The molecule has 0 aliphatic heterocycles. The molecule has 4 N–H and O–H groups in total. The fourth-order valence-electron chi connectivity index (χ4n) is 2.20. The zero-order valence-corrected chi connectivity index (χ0v) is 13.9. The zero-order valence-electron chi connectivity index (χ0n) is 13.1. The van der Waals surface area contributed by atoms with Gasteiger partial charge in [-0.1, -0.05) is 0 Å². The van der Waals surface area contributed by atoms with E-state index in [-0.39, 0.29) is 11.9 Å². The number of anilines is 1. The maximum atomic E-state index is 12.2. The lowest BCUT2D eigenvalue weighted by molar-refractivity contribution is 0.0942. The van der Waals surface area contributed by atoms with E-state index in [1.54, 1.807) is 35.6 Å². The van der Waals surface area contributed by atoms with Gasteiger partial charge in [0.25, 0.3) is 5.91 Å².